The van der Waals surface area contributed by atoms with Crippen molar-refractivity contribution in [3.8, 4) is 11.3 Å². The van der Waals surface area contributed by atoms with E-state index in [2.05, 4.69) is 4.57 Å². The Morgan fingerprint density at radius 1 is 1.18 bits per heavy atom. The molecule has 5 heteroatoms. The van der Waals surface area contributed by atoms with Crippen LogP contribution in [0.25, 0.3) is 11.3 Å². The van der Waals surface area contributed by atoms with Crippen LogP contribution in [-0.4, -0.2) is 33.6 Å². The molecule has 1 amide bonds. The fourth-order valence-corrected chi connectivity index (χ4v) is 4.16. The van der Waals surface area contributed by atoms with Gasteiger partial charge in [-0.25, -0.2) is 0 Å². The highest BCUT2D eigenvalue weighted by molar-refractivity contribution is 6.31. The molecule has 28 heavy (non-hydrogen) atoms. The van der Waals surface area contributed by atoms with E-state index in [0.717, 1.165) is 28.1 Å². The van der Waals surface area contributed by atoms with Crippen molar-refractivity contribution < 1.29 is 9.90 Å². The molecule has 0 spiro atoms. The SMILES string of the molecule is Cc1ccc(-c2cc(Cl)ccc2C(=O)N2Cc3ccccc3C(CO)C2)n1C. The second kappa shape index (κ2) is 7.46. The van der Waals surface area contributed by atoms with Gasteiger partial charge in [0.25, 0.3) is 5.91 Å². The molecule has 0 aliphatic carbocycles. The Morgan fingerprint density at radius 3 is 2.68 bits per heavy atom. The molecular formula is C23H23ClN2O2. The smallest absolute Gasteiger partial charge is 0.254 e. The van der Waals surface area contributed by atoms with Crippen molar-refractivity contribution in [3.63, 3.8) is 0 Å². The van der Waals surface area contributed by atoms with E-state index in [1.807, 2.05) is 61.3 Å². The summed E-state index contributed by atoms with van der Waals surface area (Å²) >= 11 is 6.26. The Morgan fingerprint density at radius 2 is 1.96 bits per heavy atom. The summed E-state index contributed by atoms with van der Waals surface area (Å²) in [5, 5.41) is 10.5. The minimum atomic E-state index is -0.0677. The zero-order chi connectivity index (χ0) is 19.8. The molecule has 1 atom stereocenters. The van der Waals surface area contributed by atoms with E-state index in [1.54, 1.807) is 12.1 Å². The van der Waals surface area contributed by atoms with Crippen molar-refractivity contribution in [3.05, 3.63) is 82.0 Å². The second-order valence-corrected chi connectivity index (χ2v) is 7.81. The molecule has 0 saturated heterocycles. The number of benzene rings is 2. The molecule has 1 N–H and O–H groups in total. The Labute approximate surface area is 170 Å². The zero-order valence-electron chi connectivity index (χ0n) is 16.0. The van der Waals surface area contributed by atoms with Crippen molar-refractivity contribution in [1.82, 2.24) is 9.47 Å². The van der Waals surface area contributed by atoms with Crippen LogP contribution in [0.5, 0.6) is 0 Å². The maximum Gasteiger partial charge on any atom is 0.254 e. The van der Waals surface area contributed by atoms with Crippen LogP contribution in [-0.2, 0) is 13.6 Å². The van der Waals surface area contributed by atoms with E-state index in [0.29, 0.717) is 23.7 Å². The van der Waals surface area contributed by atoms with Gasteiger partial charge >= 0.3 is 0 Å². The third-order valence-corrected chi connectivity index (χ3v) is 5.90. The standard InChI is InChI=1S/C23H23ClN2O2/c1-15-7-10-22(25(15)2)21-11-18(24)8-9-20(21)23(28)26-12-16-5-3-4-6-19(16)17(13-26)14-27/h3-11,17,27H,12-14H2,1-2H3. The van der Waals surface area contributed by atoms with Gasteiger partial charge in [-0.3, -0.25) is 4.79 Å². The fourth-order valence-electron chi connectivity index (χ4n) is 3.99. The predicted molar refractivity (Wildman–Crippen MR) is 112 cm³/mol. The number of aryl methyl sites for hydroxylation is 1. The number of rotatable bonds is 3. The van der Waals surface area contributed by atoms with E-state index in [-0.39, 0.29) is 18.4 Å². The number of amides is 1. The summed E-state index contributed by atoms with van der Waals surface area (Å²) in [6, 6.07) is 17.5. The third-order valence-electron chi connectivity index (χ3n) is 5.67. The Bertz CT molecular complexity index is 1040. The minimum Gasteiger partial charge on any atom is -0.396 e. The molecule has 1 aliphatic rings. The summed E-state index contributed by atoms with van der Waals surface area (Å²) < 4.78 is 2.06. The Balaban J connectivity index is 1.74. The molecule has 1 unspecified atom stereocenters. The number of aromatic nitrogens is 1. The van der Waals surface area contributed by atoms with Crippen LogP contribution < -0.4 is 0 Å². The molecule has 144 valence electrons. The molecule has 1 aliphatic heterocycles. The van der Waals surface area contributed by atoms with Crippen LogP contribution in [0, 0.1) is 6.92 Å². The molecule has 2 aromatic carbocycles. The number of aliphatic hydroxyl groups excluding tert-OH is 1. The van der Waals surface area contributed by atoms with Gasteiger partial charge in [0.15, 0.2) is 0 Å². The minimum absolute atomic E-state index is 0.0191. The van der Waals surface area contributed by atoms with Gasteiger partial charge in [0.2, 0.25) is 0 Å². The van der Waals surface area contributed by atoms with Gasteiger partial charge in [-0.15, -0.1) is 0 Å². The van der Waals surface area contributed by atoms with Gasteiger partial charge in [0.1, 0.15) is 0 Å². The number of carbonyl (C=O) groups is 1. The molecular weight excluding hydrogens is 372 g/mol. The van der Waals surface area contributed by atoms with E-state index in [1.165, 1.54) is 0 Å². The van der Waals surface area contributed by atoms with Crippen molar-refractivity contribution in [2.75, 3.05) is 13.2 Å². The highest BCUT2D eigenvalue weighted by atomic mass is 35.5. The van der Waals surface area contributed by atoms with Crippen LogP contribution in [0.15, 0.2) is 54.6 Å². The molecule has 3 aromatic rings. The predicted octanol–water partition coefficient (Wildman–Crippen LogP) is 4.39. The summed E-state index contributed by atoms with van der Waals surface area (Å²) in [7, 11) is 1.98. The lowest BCUT2D eigenvalue weighted by Gasteiger charge is -2.34. The van der Waals surface area contributed by atoms with E-state index in [4.69, 9.17) is 11.6 Å². The monoisotopic (exact) mass is 394 g/mol. The summed E-state index contributed by atoms with van der Waals surface area (Å²) in [6.45, 7) is 3.09. The normalized spacial score (nSPS) is 16.1. The van der Waals surface area contributed by atoms with Gasteiger partial charge in [0.05, 0.1) is 6.61 Å². The van der Waals surface area contributed by atoms with Crippen LogP contribution in [0.3, 0.4) is 0 Å². The quantitative estimate of drug-likeness (QED) is 0.716. The first-order chi connectivity index (χ1) is 13.5. The third kappa shape index (κ3) is 3.23. The highest BCUT2D eigenvalue weighted by Crippen LogP contribution is 2.33. The topological polar surface area (TPSA) is 45.5 Å². The fraction of sp³-hybridized carbons (Fsp3) is 0.261. The number of aliphatic hydroxyl groups is 1. The number of halogens is 1. The Hall–Kier alpha value is -2.56. The average molecular weight is 395 g/mol. The van der Waals surface area contributed by atoms with E-state index < -0.39 is 0 Å². The second-order valence-electron chi connectivity index (χ2n) is 7.37. The lowest BCUT2D eigenvalue weighted by Crippen LogP contribution is -2.39. The molecule has 0 bridgehead atoms. The number of hydrogen-bond donors (Lipinski definition) is 1. The molecule has 4 rings (SSSR count). The lowest BCUT2D eigenvalue weighted by atomic mass is 9.89. The largest absolute Gasteiger partial charge is 0.396 e. The first-order valence-corrected chi connectivity index (χ1v) is 9.77. The van der Waals surface area contributed by atoms with Crippen LogP contribution >= 0.6 is 11.6 Å². The van der Waals surface area contributed by atoms with Gasteiger partial charge in [-0.2, -0.15) is 0 Å². The first-order valence-electron chi connectivity index (χ1n) is 9.39. The number of fused-ring (bicyclic) bond motifs is 1. The molecule has 0 fully saturated rings. The highest BCUT2D eigenvalue weighted by Gasteiger charge is 2.29. The molecule has 2 heterocycles. The van der Waals surface area contributed by atoms with Gasteiger partial charge < -0.3 is 14.6 Å². The molecule has 0 radical (unpaired) electrons. The molecule has 4 nitrogen and oxygen atoms in total. The maximum atomic E-state index is 13.5. The van der Waals surface area contributed by atoms with Crippen molar-refractivity contribution in [2.45, 2.75) is 19.4 Å². The average Bonchev–Trinajstić information content (AvgIpc) is 3.05. The van der Waals surface area contributed by atoms with Crippen molar-refractivity contribution >= 4 is 17.5 Å². The summed E-state index contributed by atoms with van der Waals surface area (Å²) in [5.41, 5.74) is 5.74. The molecule has 0 saturated carbocycles. The number of nitrogens with zero attached hydrogens (tertiary/aromatic N) is 2. The number of hydrogen-bond acceptors (Lipinski definition) is 2. The summed E-state index contributed by atoms with van der Waals surface area (Å²) in [6.07, 6.45) is 0. The van der Waals surface area contributed by atoms with Gasteiger partial charge in [-0.05, 0) is 48.4 Å². The maximum absolute atomic E-state index is 13.5. The lowest BCUT2D eigenvalue weighted by molar-refractivity contribution is 0.0699. The van der Waals surface area contributed by atoms with Crippen LogP contribution in [0.4, 0.5) is 0 Å². The van der Waals surface area contributed by atoms with Crippen molar-refractivity contribution in [1.29, 1.82) is 0 Å². The van der Waals surface area contributed by atoms with E-state index >= 15 is 0 Å². The summed E-state index contributed by atoms with van der Waals surface area (Å²) in [5.74, 6) is -0.111. The molecule has 1 aromatic heterocycles. The first kappa shape index (κ1) is 18.8. The van der Waals surface area contributed by atoms with Crippen LogP contribution in [0.2, 0.25) is 5.02 Å². The van der Waals surface area contributed by atoms with Crippen LogP contribution in [0.1, 0.15) is 33.1 Å². The Kier molecular flexibility index (Phi) is 5.00. The zero-order valence-corrected chi connectivity index (χ0v) is 16.8. The summed E-state index contributed by atoms with van der Waals surface area (Å²) in [4.78, 5) is 15.3. The van der Waals surface area contributed by atoms with Crippen molar-refractivity contribution in [2.24, 2.45) is 7.05 Å². The van der Waals surface area contributed by atoms with Gasteiger partial charge in [0, 0.05) is 53.6 Å². The number of carbonyl (C=O) groups excluding carboxylic acids is 1. The van der Waals surface area contributed by atoms with Gasteiger partial charge in [-0.1, -0.05) is 35.9 Å². The van der Waals surface area contributed by atoms with E-state index in [9.17, 15) is 9.90 Å².